The summed E-state index contributed by atoms with van der Waals surface area (Å²) in [5.41, 5.74) is 1.15. The number of methoxy groups -OCH3 is 1. The zero-order chi connectivity index (χ0) is 16.8. The third-order valence-corrected chi connectivity index (χ3v) is 3.65. The van der Waals surface area contributed by atoms with Gasteiger partial charge < -0.3 is 9.64 Å². The Morgan fingerprint density at radius 1 is 1.30 bits per heavy atom. The van der Waals surface area contributed by atoms with Gasteiger partial charge in [-0.2, -0.15) is 0 Å². The van der Waals surface area contributed by atoms with Crippen molar-refractivity contribution in [2.75, 3.05) is 27.3 Å². The molecule has 0 bridgehead atoms. The highest BCUT2D eigenvalue weighted by Crippen LogP contribution is 2.12. The third kappa shape index (κ3) is 4.37. The quantitative estimate of drug-likeness (QED) is 0.476. The van der Waals surface area contributed by atoms with E-state index in [9.17, 15) is 9.59 Å². The Bertz CT molecular complexity index is 631. The van der Waals surface area contributed by atoms with Gasteiger partial charge in [0.05, 0.1) is 13.2 Å². The topological polar surface area (TPSA) is 61.9 Å². The fourth-order valence-electron chi connectivity index (χ4n) is 2.20. The van der Waals surface area contributed by atoms with E-state index >= 15 is 0 Å². The van der Waals surface area contributed by atoms with Crippen molar-refractivity contribution in [3.8, 4) is 0 Å². The monoisotopic (exact) mass is 333 g/mol. The summed E-state index contributed by atoms with van der Waals surface area (Å²) in [7, 11) is 3.35. The van der Waals surface area contributed by atoms with Crippen molar-refractivity contribution < 1.29 is 14.3 Å². The molecule has 2 amide bonds. The van der Waals surface area contributed by atoms with Crippen LogP contribution >= 0.6 is 12.2 Å². The average Bonchev–Trinajstić information content (AvgIpc) is 2.52. The van der Waals surface area contributed by atoms with E-state index in [2.05, 4.69) is 5.32 Å². The van der Waals surface area contributed by atoms with Crippen LogP contribution in [0.15, 0.2) is 42.1 Å². The average molecular weight is 333 g/mol. The molecule has 6 nitrogen and oxygen atoms in total. The summed E-state index contributed by atoms with van der Waals surface area (Å²) in [4.78, 5) is 27.6. The van der Waals surface area contributed by atoms with Gasteiger partial charge >= 0.3 is 0 Å². The maximum absolute atomic E-state index is 12.5. The summed E-state index contributed by atoms with van der Waals surface area (Å²) in [5, 5.41) is 2.65. The molecule has 1 aromatic rings. The molecule has 0 aliphatic carbocycles. The molecule has 2 rings (SSSR count). The lowest BCUT2D eigenvalue weighted by molar-refractivity contribution is -0.129. The van der Waals surface area contributed by atoms with Crippen molar-refractivity contribution in [1.82, 2.24) is 15.1 Å². The van der Waals surface area contributed by atoms with Crippen LogP contribution in [0.3, 0.4) is 0 Å². The largest absolute Gasteiger partial charge is 0.383 e. The molecule has 1 aliphatic rings. The number of amides is 2. The number of benzene rings is 1. The molecule has 1 saturated heterocycles. The molecule has 0 atom stereocenters. The van der Waals surface area contributed by atoms with E-state index < -0.39 is 11.8 Å². The molecule has 1 N–H and O–H groups in total. The molecule has 1 heterocycles. The van der Waals surface area contributed by atoms with Crippen LogP contribution in [0, 0.1) is 0 Å². The Labute approximate surface area is 140 Å². The van der Waals surface area contributed by atoms with Crippen molar-refractivity contribution >= 4 is 29.1 Å². The van der Waals surface area contributed by atoms with Gasteiger partial charge in [0.15, 0.2) is 5.11 Å². The van der Waals surface area contributed by atoms with E-state index in [4.69, 9.17) is 17.0 Å². The Hall–Kier alpha value is -2.25. The first-order chi connectivity index (χ1) is 11.0. The second-order valence-corrected chi connectivity index (χ2v) is 5.54. The number of thiocarbonyl (C=S) groups is 1. The SMILES string of the molecule is COCCN1C(=O)/C(=C/N(C)Cc2ccccc2)C(=O)NC1=S. The third-order valence-electron chi connectivity index (χ3n) is 3.33. The Balaban J connectivity index is 2.13. The highest BCUT2D eigenvalue weighted by molar-refractivity contribution is 7.80. The van der Waals surface area contributed by atoms with Crippen LogP contribution in [0.5, 0.6) is 0 Å². The zero-order valence-corrected chi connectivity index (χ0v) is 13.9. The molecule has 0 unspecified atom stereocenters. The fourth-order valence-corrected chi connectivity index (χ4v) is 2.47. The lowest BCUT2D eigenvalue weighted by Gasteiger charge is -2.29. The number of ether oxygens (including phenoxy) is 1. The van der Waals surface area contributed by atoms with E-state index in [1.165, 1.54) is 4.90 Å². The van der Waals surface area contributed by atoms with Crippen molar-refractivity contribution in [1.29, 1.82) is 0 Å². The minimum absolute atomic E-state index is 0.0631. The first-order valence-corrected chi connectivity index (χ1v) is 7.56. The van der Waals surface area contributed by atoms with E-state index in [-0.39, 0.29) is 10.7 Å². The van der Waals surface area contributed by atoms with Crippen molar-refractivity contribution in [3.05, 3.63) is 47.7 Å². The van der Waals surface area contributed by atoms with Crippen LogP contribution in [0.2, 0.25) is 0 Å². The maximum Gasteiger partial charge on any atom is 0.267 e. The smallest absolute Gasteiger partial charge is 0.267 e. The molecule has 122 valence electrons. The summed E-state index contributed by atoms with van der Waals surface area (Å²) < 4.78 is 4.97. The zero-order valence-electron chi connectivity index (χ0n) is 13.1. The molecular weight excluding hydrogens is 314 g/mol. The lowest BCUT2D eigenvalue weighted by atomic mass is 10.1. The normalized spacial score (nSPS) is 16.7. The van der Waals surface area contributed by atoms with Gasteiger partial charge in [0, 0.05) is 26.9 Å². The van der Waals surface area contributed by atoms with E-state index in [1.807, 2.05) is 37.4 Å². The number of nitrogens with one attached hydrogen (secondary N) is 1. The van der Waals surface area contributed by atoms with Crippen LogP contribution in [0.4, 0.5) is 0 Å². The van der Waals surface area contributed by atoms with Gasteiger partial charge in [-0.3, -0.25) is 19.8 Å². The summed E-state index contributed by atoms with van der Waals surface area (Å²) in [6.07, 6.45) is 1.55. The lowest BCUT2D eigenvalue weighted by Crippen LogP contribution is -2.55. The number of nitrogens with zero attached hydrogens (tertiary/aromatic N) is 2. The number of carbonyl (C=O) groups excluding carboxylic acids is 2. The van der Waals surface area contributed by atoms with Crippen molar-refractivity contribution in [3.63, 3.8) is 0 Å². The molecule has 0 saturated carbocycles. The van der Waals surface area contributed by atoms with Gasteiger partial charge in [0.2, 0.25) is 0 Å². The van der Waals surface area contributed by atoms with Crippen LogP contribution in [0.25, 0.3) is 0 Å². The molecule has 1 fully saturated rings. The number of hydrogen-bond donors (Lipinski definition) is 1. The van der Waals surface area contributed by atoms with Gasteiger partial charge in [-0.1, -0.05) is 30.3 Å². The van der Waals surface area contributed by atoms with Crippen LogP contribution in [0.1, 0.15) is 5.56 Å². The van der Waals surface area contributed by atoms with Crippen molar-refractivity contribution in [2.45, 2.75) is 6.54 Å². The van der Waals surface area contributed by atoms with E-state index in [0.717, 1.165) is 5.56 Å². The molecule has 23 heavy (non-hydrogen) atoms. The molecule has 0 radical (unpaired) electrons. The fraction of sp³-hybridized carbons (Fsp3) is 0.312. The van der Waals surface area contributed by atoms with Crippen LogP contribution in [-0.4, -0.2) is 54.0 Å². The van der Waals surface area contributed by atoms with E-state index in [0.29, 0.717) is 19.7 Å². The Morgan fingerprint density at radius 3 is 2.65 bits per heavy atom. The summed E-state index contributed by atoms with van der Waals surface area (Å²) in [6, 6.07) is 9.80. The number of rotatable bonds is 6. The Kier molecular flexibility index (Phi) is 5.84. The van der Waals surface area contributed by atoms with Gasteiger partial charge in [-0.25, -0.2) is 0 Å². The second kappa shape index (κ2) is 7.85. The summed E-state index contributed by atoms with van der Waals surface area (Å²) in [6.45, 7) is 1.23. The first kappa shape index (κ1) is 17.1. The molecule has 1 aliphatic heterocycles. The maximum atomic E-state index is 12.5. The second-order valence-electron chi connectivity index (χ2n) is 5.15. The van der Waals surface area contributed by atoms with Crippen molar-refractivity contribution in [2.24, 2.45) is 0 Å². The minimum atomic E-state index is -0.478. The van der Waals surface area contributed by atoms with Gasteiger partial charge in [0.1, 0.15) is 5.57 Å². The van der Waals surface area contributed by atoms with Gasteiger partial charge in [-0.05, 0) is 17.8 Å². The highest BCUT2D eigenvalue weighted by Gasteiger charge is 2.33. The Morgan fingerprint density at radius 2 is 2.00 bits per heavy atom. The standard InChI is InChI=1S/C16H19N3O3S/c1-18(10-12-6-4-3-5-7-12)11-13-14(20)17-16(23)19(15(13)21)8-9-22-2/h3-7,11H,8-10H2,1-2H3,(H,17,20,23)/b13-11+. The predicted molar refractivity (Wildman–Crippen MR) is 90.3 cm³/mol. The molecule has 1 aromatic carbocycles. The number of hydrogen-bond acceptors (Lipinski definition) is 5. The van der Waals surface area contributed by atoms with Crippen LogP contribution in [-0.2, 0) is 20.9 Å². The van der Waals surface area contributed by atoms with Gasteiger partial charge in [-0.15, -0.1) is 0 Å². The van der Waals surface area contributed by atoms with Crippen LogP contribution < -0.4 is 5.32 Å². The first-order valence-electron chi connectivity index (χ1n) is 7.15. The van der Waals surface area contributed by atoms with Gasteiger partial charge in [0.25, 0.3) is 11.8 Å². The highest BCUT2D eigenvalue weighted by atomic mass is 32.1. The van der Waals surface area contributed by atoms with E-state index in [1.54, 1.807) is 18.2 Å². The minimum Gasteiger partial charge on any atom is -0.383 e. The summed E-state index contributed by atoms with van der Waals surface area (Å²) in [5.74, 6) is -0.885. The molecular formula is C16H19N3O3S. The number of carbonyl (C=O) groups is 2. The summed E-state index contributed by atoms with van der Waals surface area (Å²) >= 11 is 5.04. The predicted octanol–water partition coefficient (Wildman–Crippen LogP) is 0.892. The molecule has 0 spiro atoms. The molecule has 7 heteroatoms. The molecule has 0 aromatic heterocycles.